The van der Waals surface area contributed by atoms with Gasteiger partial charge in [-0.1, -0.05) is 0 Å². The van der Waals surface area contributed by atoms with Gasteiger partial charge in [0, 0.05) is 48.4 Å². The molecule has 158 valence electrons. The Morgan fingerprint density at radius 3 is 2.62 bits per heavy atom. The number of nitrogens with one attached hydrogen (secondary N) is 1. The van der Waals surface area contributed by atoms with E-state index in [2.05, 4.69) is 10.1 Å². The van der Waals surface area contributed by atoms with Crippen molar-refractivity contribution in [2.45, 2.75) is 24.5 Å². The molecule has 29 heavy (non-hydrogen) atoms. The molecule has 0 spiro atoms. The number of nitrogens with two attached hydrogens (primary N) is 1. The minimum Gasteiger partial charge on any atom is -0.382 e. The van der Waals surface area contributed by atoms with Gasteiger partial charge in [0.1, 0.15) is 5.56 Å². The number of rotatable bonds is 8. The molecule has 0 radical (unpaired) electrons. The first-order chi connectivity index (χ1) is 13.7. The van der Waals surface area contributed by atoms with Gasteiger partial charge in [-0.3, -0.25) is 4.79 Å². The summed E-state index contributed by atoms with van der Waals surface area (Å²) in [6.45, 7) is 3.99. The van der Waals surface area contributed by atoms with E-state index in [1.807, 2.05) is 6.07 Å². The Hall–Kier alpha value is -2.37. The summed E-state index contributed by atoms with van der Waals surface area (Å²) >= 11 is 1.47. The summed E-state index contributed by atoms with van der Waals surface area (Å²) in [6, 6.07) is 5.08. The van der Waals surface area contributed by atoms with E-state index < -0.39 is 29.1 Å². The fourth-order valence-corrected chi connectivity index (χ4v) is 3.39. The number of hydrogen-bond acceptors (Lipinski definition) is 7. The molecule has 11 heteroatoms. The highest BCUT2D eigenvalue weighted by Gasteiger charge is 2.43. The highest BCUT2D eigenvalue weighted by Crippen LogP contribution is 2.23. The molecular weight excluding hydrogens is 411 g/mol. The number of hydrogen-bond donors (Lipinski definition) is 2. The van der Waals surface area contributed by atoms with E-state index in [-0.39, 0.29) is 5.39 Å². The summed E-state index contributed by atoms with van der Waals surface area (Å²) in [5, 5.41) is 3.28. The van der Waals surface area contributed by atoms with Crippen LogP contribution in [0.3, 0.4) is 0 Å². The van der Waals surface area contributed by atoms with Crippen molar-refractivity contribution in [1.82, 2.24) is 9.88 Å². The van der Waals surface area contributed by atoms with Crippen LogP contribution in [-0.4, -0.2) is 48.1 Å². The molecule has 1 aromatic heterocycles. The van der Waals surface area contributed by atoms with Crippen LogP contribution in [-0.2, 0) is 16.1 Å². The zero-order valence-corrected chi connectivity index (χ0v) is 16.4. The number of fused-ring (bicyclic) bond motifs is 1. The molecule has 0 amide bonds. The number of ether oxygens (including phenoxy) is 1. The summed E-state index contributed by atoms with van der Waals surface area (Å²) < 4.78 is 42.4. The quantitative estimate of drug-likeness (QED) is 0.285. The van der Waals surface area contributed by atoms with E-state index in [1.54, 1.807) is 19.1 Å². The van der Waals surface area contributed by atoms with Crippen molar-refractivity contribution in [2.24, 2.45) is 5.73 Å². The Balaban J connectivity index is 2.35. The van der Waals surface area contributed by atoms with Gasteiger partial charge in [-0.2, -0.15) is 13.2 Å². The highest BCUT2D eigenvalue weighted by molar-refractivity contribution is 7.99. The zero-order valence-electron chi connectivity index (χ0n) is 15.5. The van der Waals surface area contributed by atoms with Crippen LogP contribution in [0, 0.1) is 0 Å². The standard InChI is InChI=1S/C18H20F3N3O4S/c1-2-24-10-13(16(26)28-17(27)18(19,20)21)15(25)12-9-11(3-4-14(12)24)29-8-7-23-6-5-22/h3-4,9-10,23H,2,5-8,22H2,1H3. The molecule has 0 aliphatic heterocycles. The fourth-order valence-electron chi connectivity index (χ4n) is 2.54. The molecule has 0 bridgehead atoms. The SMILES string of the molecule is CCn1cc(C(=O)OC(=O)C(F)(F)F)c(=O)c2cc(SCCNCCN)ccc21. The van der Waals surface area contributed by atoms with Crippen molar-refractivity contribution in [3.63, 3.8) is 0 Å². The van der Waals surface area contributed by atoms with E-state index in [9.17, 15) is 27.6 Å². The molecule has 3 N–H and O–H groups in total. The van der Waals surface area contributed by atoms with Crippen molar-refractivity contribution in [2.75, 3.05) is 25.4 Å². The normalized spacial score (nSPS) is 11.6. The maximum Gasteiger partial charge on any atom is 0.491 e. The lowest BCUT2D eigenvalue weighted by atomic mass is 10.1. The Kier molecular flexibility index (Phi) is 7.82. The van der Waals surface area contributed by atoms with Crippen molar-refractivity contribution < 1.29 is 27.5 Å². The maximum atomic E-state index is 12.7. The van der Waals surface area contributed by atoms with Crippen molar-refractivity contribution in [3.8, 4) is 0 Å². The first kappa shape index (κ1) is 22.9. The van der Waals surface area contributed by atoms with Crippen molar-refractivity contribution in [3.05, 3.63) is 40.2 Å². The average Bonchev–Trinajstić information content (AvgIpc) is 2.67. The molecule has 0 unspecified atom stereocenters. The highest BCUT2D eigenvalue weighted by atomic mass is 32.2. The van der Waals surface area contributed by atoms with E-state index in [1.165, 1.54) is 16.3 Å². The van der Waals surface area contributed by atoms with Gasteiger partial charge in [0.2, 0.25) is 5.43 Å². The molecule has 2 rings (SSSR count). The van der Waals surface area contributed by atoms with Crippen LogP contribution in [0.4, 0.5) is 13.2 Å². The van der Waals surface area contributed by atoms with Crippen molar-refractivity contribution in [1.29, 1.82) is 0 Å². The average molecular weight is 431 g/mol. The first-order valence-electron chi connectivity index (χ1n) is 8.73. The Bertz CT molecular complexity index is 960. The summed E-state index contributed by atoms with van der Waals surface area (Å²) in [5.41, 5.74) is 4.48. The number of thioether (sulfide) groups is 1. The van der Waals surface area contributed by atoms with Gasteiger partial charge < -0.3 is 20.4 Å². The van der Waals surface area contributed by atoms with Gasteiger partial charge in [0.05, 0.1) is 5.52 Å². The maximum absolute atomic E-state index is 12.7. The van der Waals surface area contributed by atoms with Crippen molar-refractivity contribution >= 4 is 34.6 Å². The van der Waals surface area contributed by atoms with Crippen LogP contribution < -0.4 is 16.5 Å². The number of carbonyl (C=O) groups excluding carboxylic acids is 2. The molecule has 1 heterocycles. The third kappa shape index (κ3) is 5.81. The number of aromatic nitrogens is 1. The van der Waals surface area contributed by atoms with Gasteiger partial charge in [0.15, 0.2) is 0 Å². The molecule has 1 aromatic carbocycles. The van der Waals surface area contributed by atoms with E-state index >= 15 is 0 Å². The number of alkyl halides is 3. The summed E-state index contributed by atoms with van der Waals surface area (Å²) in [5.74, 6) is -3.60. The smallest absolute Gasteiger partial charge is 0.382 e. The predicted octanol–water partition coefficient (Wildman–Crippen LogP) is 1.91. The van der Waals surface area contributed by atoms with Crippen LogP contribution in [0.2, 0.25) is 0 Å². The molecule has 2 aromatic rings. The van der Waals surface area contributed by atoms with Crippen LogP contribution in [0.1, 0.15) is 17.3 Å². The molecule has 0 aliphatic carbocycles. The third-order valence-corrected chi connectivity index (χ3v) is 4.89. The van der Waals surface area contributed by atoms with E-state index in [4.69, 9.17) is 5.73 Å². The van der Waals surface area contributed by atoms with Gasteiger partial charge in [-0.15, -0.1) is 11.8 Å². The Labute approximate surface area is 168 Å². The number of benzene rings is 1. The number of carbonyl (C=O) groups is 2. The lowest BCUT2D eigenvalue weighted by Crippen LogP contribution is -2.30. The minimum absolute atomic E-state index is 0.153. The number of pyridine rings is 1. The first-order valence-corrected chi connectivity index (χ1v) is 9.71. The molecular formula is C18H20F3N3O4S. The summed E-state index contributed by atoms with van der Waals surface area (Å²) in [7, 11) is 0. The molecule has 0 aliphatic rings. The minimum atomic E-state index is -5.34. The van der Waals surface area contributed by atoms with Gasteiger partial charge >= 0.3 is 18.1 Å². The van der Waals surface area contributed by atoms with Gasteiger partial charge in [0.25, 0.3) is 0 Å². The topological polar surface area (TPSA) is 103 Å². The van der Waals surface area contributed by atoms with E-state index in [0.29, 0.717) is 37.4 Å². The molecule has 7 nitrogen and oxygen atoms in total. The summed E-state index contributed by atoms with van der Waals surface area (Å²) in [4.78, 5) is 36.4. The van der Waals surface area contributed by atoms with Crippen LogP contribution in [0.15, 0.2) is 34.1 Å². The summed E-state index contributed by atoms with van der Waals surface area (Å²) in [6.07, 6.45) is -4.24. The van der Waals surface area contributed by atoms with Gasteiger partial charge in [-0.25, -0.2) is 9.59 Å². The van der Waals surface area contributed by atoms with Gasteiger partial charge in [-0.05, 0) is 25.1 Å². The van der Waals surface area contributed by atoms with Crippen LogP contribution >= 0.6 is 11.8 Å². The van der Waals surface area contributed by atoms with E-state index in [0.717, 1.165) is 11.1 Å². The lowest BCUT2D eigenvalue weighted by Gasteiger charge is -2.12. The predicted molar refractivity (Wildman–Crippen MR) is 103 cm³/mol. The molecule has 0 atom stereocenters. The van der Waals surface area contributed by atoms with Crippen LogP contribution in [0.5, 0.6) is 0 Å². The number of esters is 2. The Morgan fingerprint density at radius 2 is 2.00 bits per heavy atom. The number of nitrogens with zero attached hydrogens (tertiary/aromatic N) is 1. The number of halogens is 3. The molecule has 0 fully saturated rings. The van der Waals surface area contributed by atoms with Crippen LogP contribution in [0.25, 0.3) is 10.9 Å². The molecule has 0 saturated heterocycles. The molecule has 0 saturated carbocycles. The zero-order chi connectivity index (χ0) is 21.6. The monoisotopic (exact) mass is 431 g/mol. The number of aryl methyl sites for hydroxylation is 1. The largest absolute Gasteiger partial charge is 0.491 e. The second kappa shape index (κ2) is 9.90. The lowest BCUT2D eigenvalue weighted by molar-refractivity contribution is -0.193. The fraction of sp³-hybridized carbons (Fsp3) is 0.389. The Morgan fingerprint density at radius 1 is 1.28 bits per heavy atom. The second-order valence-corrected chi connectivity index (χ2v) is 7.07. The third-order valence-electron chi connectivity index (χ3n) is 3.90. The second-order valence-electron chi connectivity index (χ2n) is 5.90.